The Morgan fingerprint density at radius 2 is 0.812 bits per heavy atom. The van der Waals surface area contributed by atoms with Crippen LogP contribution in [0.25, 0.3) is 50.1 Å². The fourth-order valence-electron chi connectivity index (χ4n) is 5.28. The molecule has 5 aromatic rings. The van der Waals surface area contributed by atoms with Crippen LogP contribution < -0.4 is 0 Å². The highest BCUT2D eigenvalue weighted by atomic mass is 31.2. The van der Waals surface area contributed by atoms with Crippen LogP contribution in [-0.2, 0) is 9.13 Å². The fourth-order valence-corrected chi connectivity index (χ4v) is 5.28. The lowest BCUT2D eigenvalue weighted by Gasteiger charge is -2.26. The van der Waals surface area contributed by atoms with E-state index in [0.717, 1.165) is 50.1 Å². The first-order chi connectivity index (χ1) is 22.6. The third kappa shape index (κ3) is 10.9. The molecule has 0 unspecified atom stereocenters. The van der Waals surface area contributed by atoms with Crippen LogP contribution in [0.5, 0.6) is 0 Å². The SMILES string of the molecule is O=P(O)(O)O.O=P(O)(O)O.OC1(O)C=CC(c2cc(-c3ccccc3)c(-c3ccccc3)c(-c3ccccc3)c2-c2ccccc2)=CC1. The smallest absolute Gasteiger partial charge is 0.362 e. The van der Waals surface area contributed by atoms with Gasteiger partial charge in [0.05, 0.1) is 0 Å². The predicted octanol–water partition coefficient (Wildman–Crippen LogP) is 6.52. The van der Waals surface area contributed by atoms with Crippen LogP contribution in [0.2, 0.25) is 0 Å². The van der Waals surface area contributed by atoms with Crippen molar-refractivity contribution in [1.82, 2.24) is 0 Å². The van der Waals surface area contributed by atoms with Gasteiger partial charge < -0.3 is 39.6 Å². The average molecular weight is 689 g/mol. The number of hydrogen-bond acceptors (Lipinski definition) is 4. The molecule has 8 N–H and O–H groups in total. The second-order valence-electron chi connectivity index (χ2n) is 10.7. The van der Waals surface area contributed by atoms with E-state index in [1.165, 1.54) is 11.6 Å². The number of phosphoric acid groups is 2. The van der Waals surface area contributed by atoms with E-state index in [-0.39, 0.29) is 6.42 Å². The van der Waals surface area contributed by atoms with Crippen molar-refractivity contribution in [3.05, 3.63) is 151 Å². The lowest BCUT2D eigenvalue weighted by Crippen LogP contribution is -2.25. The molecule has 0 heterocycles. The number of allylic oxidation sites excluding steroid dienone is 2. The fraction of sp³-hybridized carbons (Fsp3) is 0.0556. The predicted molar refractivity (Wildman–Crippen MR) is 186 cm³/mol. The van der Waals surface area contributed by atoms with E-state index in [1.54, 1.807) is 0 Å². The summed E-state index contributed by atoms with van der Waals surface area (Å²) in [5.41, 5.74) is 11.1. The Labute approximate surface area is 277 Å². The van der Waals surface area contributed by atoms with E-state index in [1.807, 2.05) is 36.4 Å². The number of hydrogen-bond donors (Lipinski definition) is 8. The Morgan fingerprint density at radius 3 is 1.17 bits per heavy atom. The topological polar surface area (TPSA) is 196 Å². The Morgan fingerprint density at radius 1 is 0.479 bits per heavy atom. The molecule has 1 aliphatic carbocycles. The standard InChI is InChI=1S/C36H28O2.2H3O4P/c37-36(38)23-21-27(22-24-36)32-25-31(26-13-5-1-6-14-26)33(28-15-7-2-8-16-28)35(30-19-11-4-12-20-30)34(32)29-17-9-3-10-18-29;2*1-5(2,3)4/h1-23,25,37-38H,24H2;2*(H3,1,2,3,4). The minimum atomic E-state index is -4.64. The largest absolute Gasteiger partial charge is 0.466 e. The van der Waals surface area contributed by atoms with Crippen LogP contribution >= 0.6 is 15.6 Å². The molecule has 0 fully saturated rings. The van der Waals surface area contributed by atoms with E-state index in [4.69, 9.17) is 38.5 Å². The number of benzene rings is 5. The molecular formula is C36H34O10P2. The summed E-state index contributed by atoms with van der Waals surface area (Å²) >= 11 is 0. The minimum Gasteiger partial charge on any atom is -0.362 e. The van der Waals surface area contributed by atoms with Crippen LogP contribution in [0.15, 0.2) is 146 Å². The second-order valence-corrected chi connectivity index (χ2v) is 12.7. The summed E-state index contributed by atoms with van der Waals surface area (Å²) in [7, 11) is -9.28. The van der Waals surface area contributed by atoms with Gasteiger partial charge in [0.15, 0.2) is 5.79 Å². The molecule has 0 spiro atoms. The van der Waals surface area contributed by atoms with Crippen LogP contribution in [-0.4, -0.2) is 45.4 Å². The molecule has 1 aliphatic rings. The van der Waals surface area contributed by atoms with Gasteiger partial charge in [-0.05, 0) is 67.8 Å². The van der Waals surface area contributed by atoms with E-state index >= 15 is 0 Å². The molecule has 10 nitrogen and oxygen atoms in total. The van der Waals surface area contributed by atoms with Gasteiger partial charge in [0.2, 0.25) is 0 Å². The van der Waals surface area contributed by atoms with Crippen LogP contribution in [0.1, 0.15) is 12.0 Å². The van der Waals surface area contributed by atoms with E-state index < -0.39 is 21.4 Å². The molecule has 0 saturated heterocycles. The quantitative estimate of drug-likeness (QED) is 0.0744. The summed E-state index contributed by atoms with van der Waals surface area (Å²) in [5.74, 6) is -1.83. The second kappa shape index (κ2) is 15.7. The lowest BCUT2D eigenvalue weighted by atomic mass is 9.78. The van der Waals surface area contributed by atoms with Crippen molar-refractivity contribution in [1.29, 1.82) is 0 Å². The van der Waals surface area contributed by atoms with Crippen molar-refractivity contribution in [3.8, 4) is 44.5 Å². The van der Waals surface area contributed by atoms with Crippen molar-refractivity contribution >= 4 is 21.2 Å². The van der Waals surface area contributed by atoms with Crippen LogP contribution in [0, 0.1) is 0 Å². The Hall–Kier alpha value is -4.28. The minimum absolute atomic E-state index is 0.134. The zero-order valence-electron chi connectivity index (χ0n) is 25.4. The average Bonchev–Trinajstić information content (AvgIpc) is 3.04. The molecule has 0 radical (unpaired) electrons. The van der Waals surface area contributed by atoms with Gasteiger partial charge in [0, 0.05) is 6.42 Å². The maximum absolute atomic E-state index is 10.2. The number of rotatable bonds is 5. The summed E-state index contributed by atoms with van der Waals surface area (Å²) in [5, 5.41) is 20.4. The van der Waals surface area contributed by atoms with Gasteiger partial charge in [-0.2, -0.15) is 0 Å². The Kier molecular flexibility index (Phi) is 12.0. The summed E-state index contributed by atoms with van der Waals surface area (Å²) in [6.07, 6.45) is 5.37. The molecule has 0 aromatic heterocycles. The van der Waals surface area contributed by atoms with Crippen molar-refractivity contribution < 1.29 is 48.7 Å². The normalized spacial score (nSPS) is 13.7. The first-order valence-corrected chi connectivity index (χ1v) is 17.6. The van der Waals surface area contributed by atoms with E-state index in [0.29, 0.717) is 0 Å². The zero-order chi connectivity index (χ0) is 35.0. The monoisotopic (exact) mass is 688 g/mol. The molecule has 0 atom stereocenters. The molecule has 0 amide bonds. The van der Waals surface area contributed by atoms with Crippen LogP contribution in [0.3, 0.4) is 0 Å². The van der Waals surface area contributed by atoms with Crippen LogP contribution in [0.4, 0.5) is 0 Å². The maximum Gasteiger partial charge on any atom is 0.466 e. The molecule has 5 aromatic carbocycles. The molecule has 0 bridgehead atoms. The highest BCUT2D eigenvalue weighted by Crippen LogP contribution is 2.49. The zero-order valence-corrected chi connectivity index (χ0v) is 27.1. The third-order valence-electron chi connectivity index (χ3n) is 7.06. The molecule has 0 aliphatic heterocycles. The van der Waals surface area contributed by atoms with Gasteiger partial charge in [0.1, 0.15) is 0 Å². The summed E-state index contributed by atoms with van der Waals surface area (Å²) in [6, 6.07) is 44.4. The first kappa shape index (κ1) is 36.6. The van der Waals surface area contributed by atoms with Crippen molar-refractivity contribution in [2.45, 2.75) is 12.2 Å². The maximum atomic E-state index is 10.2. The van der Waals surface area contributed by atoms with E-state index in [9.17, 15) is 10.2 Å². The molecule has 248 valence electrons. The van der Waals surface area contributed by atoms with Gasteiger partial charge in [0.25, 0.3) is 0 Å². The van der Waals surface area contributed by atoms with Gasteiger partial charge in [-0.1, -0.05) is 133 Å². The molecule has 6 rings (SSSR count). The van der Waals surface area contributed by atoms with E-state index in [2.05, 4.69) is 103 Å². The highest BCUT2D eigenvalue weighted by Gasteiger charge is 2.26. The summed E-state index contributed by atoms with van der Waals surface area (Å²) in [4.78, 5) is 43.1. The summed E-state index contributed by atoms with van der Waals surface area (Å²) < 4.78 is 17.8. The lowest BCUT2D eigenvalue weighted by molar-refractivity contribution is -0.114. The van der Waals surface area contributed by atoms with Gasteiger partial charge >= 0.3 is 15.6 Å². The third-order valence-corrected chi connectivity index (χ3v) is 7.06. The highest BCUT2D eigenvalue weighted by molar-refractivity contribution is 7.45. The van der Waals surface area contributed by atoms with Gasteiger partial charge in [-0.3, -0.25) is 0 Å². The Balaban J connectivity index is 0.000000458. The Bertz CT molecular complexity index is 1930. The summed E-state index contributed by atoms with van der Waals surface area (Å²) in [6.45, 7) is 0. The van der Waals surface area contributed by atoms with Crippen molar-refractivity contribution in [2.75, 3.05) is 0 Å². The van der Waals surface area contributed by atoms with Gasteiger partial charge in [-0.25, -0.2) is 9.13 Å². The van der Waals surface area contributed by atoms with Crippen molar-refractivity contribution in [3.63, 3.8) is 0 Å². The van der Waals surface area contributed by atoms with Gasteiger partial charge in [-0.15, -0.1) is 0 Å². The number of aliphatic hydroxyl groups is 2. The molecule has 48 heavy (non-hydrogen) atoms. The molecule has 12 heteroatoms. The molecule has 0 saturated carbocycles. The first-order valence-electron chi connectivity index (χ1n) is 14.4. The van der Waals surface area contributed by atoms with Crippen molar-refractivity contribution in [2.24, 2.45) is 0 Å². The molecular weight excluding hydrogens is 654 g/mol.